The van der Waals surface area contributed by atoms with Crippen molar-refractivity contribution < 1.29 is 0 Å². The summed E-state index contributed by atoms with van der Waals surface area (Å²) in [4.78, 5) is 5.36. The number of thiophene rings is 1. The van der Waals surface area contributed by atoms with Crippen molar-refractivity contribution in [1.29, 1.82) is 0 Å². The fourth-order valence-corrected chi connectivity index (χ4v) is 2.45. The first kappa shape index (κ1) is 11.2. The smallest absolute Gasteiger partial charge is 0.128 e. The minimum Gasteiger partial charge on any atom is -0.384 e. The van der Waals surface area contributed by atoms with E-state index in [1.165, 1.54) is 4.88 Å². The molecule has 2 heterocycles. The van der Waals surface area contributed by atoms with E-state index in [-0.39, 0.29) is 6.04 Å². The van der Waals surface area contributed by atoms with Crippen molar-refractivity contribution in [1.82, 2.24) is 4.98 Å². The Morgan fingerprint density at radius 1 is 1.38 bits per heavy atom. The molecule has 2 aromatic rings. The van der Waals surface area contributed by atoms with Gasteiger partial charge in [0, 0.05) is 4.88 Å². The number of hydrogen-bond donors (Lipinski definition) is 2. The van der Waals surface area contributed by atoms with Gasteiger partial charge < -0.3 is 11.1 Å². The first-order chi connectivity index (χ1) is 7.65. The summed E-state index contributed by atoms with van der Waals surface area (Å²) in [6.07, 6.45) is 0. The van der Waals surface area contributed by atoms with E-state index in [4.69, 9.17) is 17.3 Å². The van der Waals surface area contributed by atoms with Gasteiger partial charge in [0.25, 0.3) is 0 Å². The second-order valence-electron chi connectivity index (χ2n) is 3.46. The number of halogens is 1. The molecule has 16 heavy (non-hydrogen) atoms. The van der Waals surface area contributed by atoms with Crippen LogP contribution < -0.4 is 11.1 Å². The van der Waals surface area contributed by atoms with Gasteiger partial charge in [-0.2, -0.15) is 0 Å². The molecule has 0 radical (unpaired) electrons. The molecule has 0 bridgehead atoms. The predicted octanol–water partition coefficient (Wildman–Crippen LogP) is 3.55. The Balaban J connectivity index is 2.10. The second kappa shape index (κ2) is 4.72. The summed E-state index contributed by atoms with van der Waals surface area (Å²) in [7, 11) is 0. The van der Waals surface area contributed by atoms with Crippen LogP contribution in [0.25, 0.3) is 0 Å². The van der Waals surface area contributed by atoms with Crippen LogP contribution in [0.4, 0.5) is 11.6 Å². The van der Waals surface area contributed by atoms with E-state index in [9.17, 15) is 0 Å². The normalized spacial score (nSPS) is 12.4. The van der Waals surface area contributed by atoms with Gasteiger partial charge in [-0.1, -0.05) is 17.7 Å². The summed E-state index contributed by atoms with van der Waals surface area (Å²) in [6.45, 7) is 2.06. The van der Waals surface area contributed by atoms with Gasteiger partial charge in [-0.15, -0.1) is 11.3 Å². The van der Waals surface area contributed by atoms with Gasteiger partial charge in [0.15, 0.2) is 0 Å². The fraction of sp³-hybridized carbons (Fsp3) is 0.182. The maximum absolute atomic E-state index is 5.89. The molecule has 5 heteroatoms. The third-order valence-corrected chi connectivity index (χ3v) is 3.57. The zero-order valence-electron chi connectivity index (χ0n) is 8.77. The molecule has 2 rings (SSSR count). The number of nitrogens with zero attached hydrogens (tertiary/aromatic N) is 1. The van der Waals surface area contributed by atoms with Crippen LogP contribution in [0.5, 0.6) is 0 Å². The molecule has 2 aromatic heterocycles. The molecule has 1 atom stereocenters. The van der Waals surface area contributed by atoms with E-state index in [1.54, 1.807) is 17.4 Å². The van der Waals surface area contributed by atoms with Crippen molar-refractivity contribution in [3.63, 3.8) is 0 Å². The van der Waals surface area contributed by atoms with Crippen molar-refractivity contribution in [2.75, 3.05) is 11.1 Å². The lowest BCUT2D eigenvalue weighted by molar-refractivity contribution is 0.897. The van der Waals surface area contributed by atoms with Crippen LogP contribution in [-0.4, -0.2) is 4.98 Å². The number of hydrogen-bond acceptors (Lipinski definition) is 4. The third-order valence-electron chi connectivity index (χ3n) is 2.16. The Labute approximate surface area is 103 Å². The van der Waals surface area contributed by atoms with E-state index in [0.717, 1.165) is 10.2 Å². The van der Waals surface area contributed by atoms with Crippen LogP contribution in [0.3, 0.4) is 0 Å². The largest absolute Gasteiger partial charge is 0.384 e. The van der Waals surface area contributed by atoms with Crippen LogP contribution >= 0.6 is 22.9 Å². The molecular formula is C11H12ClN3S. The molecule has 0 saturated carbocycles. The minimum atomic E-state index is 0.173. The lowest BCUT2D eigenvalue weighted by Gasteiger charge is -2.12. The topological polar surface area (TPSA) is 50.9 Å². The lowest BCUT2D eigenvalue weighted by Crippen LogP contribution is -2.06. The molecule has 0 aliphatic carbocycles. The van der Waals surface area contributed by atoms with Gasteiger partial charge in [-0.05, 0) is 31.2 Å². The summed E-state index contributed by atoms with van der Waals surface area (Å²) < 4.78 is 0.796. The van der Waals surface area contributed by atoms with E-state index in [2.05, 4.69) is 17.2 Å². The molecule has 0 aliphatic heterocycles. The van der Waals surface area contributed by atoms with Gasteiger partial charge in [0.05, 0.1) is 10.4 Å². The molecule has 3 N–H and O–H groups in total. The fourth-order valence-electron chi connectivity index (χ4n) is 1.39. The Morgan fingerprint density at radius 3 is 2.81 bits per heavy atom. The Morgan fingerprint density at radius 2 is 2.19 bits per heavy atom. The van der Waals surface area contributed by atoms with Crippen molar-refractivity contribution in [3.8, 4) is 0 Å². The standard InChI is InChI=1S/C11H12ClN3S/c1-7(8-5-6-9(12)16-8)14-11-4-2-3-10(13)15-11/h2-7H,1H3,(H3,13,14,15). The van der Waals surface area contributed by atoms with E-state index >= 15 is 0 Å². The van der Waals surface area contributed by atoms with Gasteiger partial charge in [-0.25, -0.2) is 4.98 Å². The molecule has 0 aromatic carbocycles. The van der Waals surface area contributed by atoms with E-state index in [0.29, 0.717) is 5.82 Å². The molecule has 0 amide bonds. The molecular weight excluding hydrogens is 242 g/mol. The van der Waals surface area contributed by atoms with Crippen LogP contribution in [0.2, 0.25) is 4.34 Å². The average Bonchev–Trinajstić information content (AvgIpc) is 2.65. The van der Waals surface area contributed by atoms with E-state index in [1.807, 2.05) is 24.3 Å². The Bertz CT molecular complexity index is 484. The maximum Gasteiger partial charge on any atom is 0.128 e. The van der Waals surface area contributed by atoms with Crippen LogP contribution in [0.15, 0.2) is 30.3 Å². The Hall–Kier alpha value is -1.26. The third kappa shape index (κ3) is 2.65. The maximum atomic E-state index is 5.89. The van der Waals surface area contributed by atoms with E-state index < -0.39 is 0 Å². The summed E-state index contributed by atoms with van der Waals surface area (Å²) in [5.74, 6) is 1.29. The summed E-state index contributed by atoms with van der Waals surface area (Å²) >= 11 is 7.45. The Kier molecular flexibility index (Phi) is 3.31. The molecule has 3 nitrogen and oxygen atoms in total. The lowest BCUT2D eigenvalue weighted by atomic mass is 10.3. The highest BCUT2D eigenvalue weighted by Crippen LogP contribution is 2.28. The molecule has 0 saturated heterocycles. The number of rotatable bonds is 3. The van der Waals surface area contributed by atoms with Crippen molar-refractivity contribution in [2.45, 2.75) is 13.0 Å². The monoisotopic (exact) mass is 253 g/mol. The van der Waals surface area contributed by atoms with Crippen LogP contribution in [0.1, 0.15) is 17.8 Å². The van der Waals surface area contributed by atoms with Crippen LogP contribution in [0, 0.1) is 0 Å². The minimum absolute atomic E-state index is 0.173. The molecule has 84 valence electrons. The number of pyridine rings is 1. The van der Waals surface area contributed by atoms with Crippen molar-refractivity contribution in [2.24, 2.45) is 0 Å². The molecule has 0 aliphatic rings. The summed E-state index contributed by atoms with van der Waals surface area (Å²) in [5.41, 5.74) is 5.61. The number of nitrogens with two attached hydrogens (primary N) is 1. The highest BCUT2D eigenvalue weighted by Gasteiger charge is 2.08. The zero-order chi connectivity index (χ0) is 11.5. The number of anilines is 2. The number of aromatic nitrogens is 1. The zero-order valence-corrected chi connectivity index (χ0v) is 10.3. The average molecular weight is 254 g/mol. The second-order valence-corrected chi connectivity index (χ2v) is 5.20. The highest BCUT2D eigenvalue weighted by atomic mass is 35.5. The summed E-state index contributed by atoms with van der Waals surface area (Å²) in [5, 5.41) is 3.27. The van der Waals surface area contributed by atoms with Crippen molar-refractivity contribution >= 4 is 34.6 Å². The quantitative estimate of drug-likeness (QED) is 0.880. The SMILES string of the molecule is CC(Nc1cccc(N)n1)c1ccc(Cl)s1. The van der Waals surface area contributed by atoms with Gasteiger partial charge in [0.2, 0.25) is 0 Å². The first-order valence-electron chi connectivity index (χ1n) is 4.89. The summed E-state index contributed by atoms with van der Waals surface area (Å²) in [6, 6.07) is 9.61. The van der Waals surface area contributed by atoms with Crippen molar-refractivity contribution in [3.05, 3.63) is 39.5 Å². The first-order valence-corrected chi connectivity index (χ1v) is 6.09. The number of nitrogens with one attached hydrogen (secondary N) is 1. The molecule has 0 spiro atoms. The predicted molar refractivity (Wildman–Crippen MR) is 70.0 cm³/mol. The van der Waals surface area contributed by atoms with Gasteiger partial charge in [-0.3, -0.25) is 0 Å². The van der Waals surface area contributed by atoms with Gasteiger partial charge >= 0.3 is 0 Å². The highest BCUT2D eigenvalue weighted by molar-refractivity contribution is 7.16. The molecule has 1 unspecified atom stereocenters. The number of nitrogen functional groups attached to an aromatic ring is 1. The molecule has 0 fully saturated rings. The van der Waals surface area contributed by atoms with Gasteiger partial charge in [0.1, 0.15) is 11.6 Å². The van der Waals surface area contributed by atoms with Crippen LogP contribution in [-0.2, 0) is 0 Å².